The van der Waals surface area contributed by atoms with E-state index in [1.54, 1.807) is 11.8 Å². The smallest absolute Gasteiger partial charge is 0.310 e. The van der Waals surface area contributed by atoms with E-state index < -0.39 is 17.9 Å². The van der Waals surface area contributed by atoms with Gasteiger partial charge in [0.25, 0.3) is 0 Å². The van der Waals surface area contributed by atoms with Crippen LogP contribution >= 0.6 is 0 Å². The van der Waals surface area contributed by atoms with Gasteiger partial charge in [-0.2, -0.15) is 0 Å². The summed E-state index contributed by atoms with van der Waals surface area (Å²) >= 11 is 0. The highest BCUT2D eigenvalue weighted by Crippen LogP contribution is 2.45. The van der Waals surface area contributed by atoms with Gasteiger partial charge in [-0.05, 0) is 37.7 Å². The number of fused-ring (bicyclic) bond motifs is 1. The van der Waals surface area contributed by atoms with Gasteiger partial charge in [-0.1, -0.05) is 68.7 Å². The Morgan fingerprint density at radius 2 is 1.80 bits per heavy atom. The second-order valence-electron chi connectivity index (χ2n) is 9.54. The van der Waals surface area contributed by atoms with Crippen LogP contribution in [0.25, 0.3) is 0 Å². The van der Waals surface area contributed by atoms with E-state index in [0.29, 0.717) is 13.1 Å². The maximum atomic E-state index is 13.8. The molecule has 2 N–H and O–H groups in total. The molecule has 35 heavy (non-hydrogen) atoms. The van der Waals surface area contributed by atoms with Crippen molar-refractivity contribution in [2.24, 2.45) is 23.7 Å². The quantitative estimate of drug-likeness (QED) is 0.254. The number of aliphatic hydroxyl groups excluding tert-OH is 1. The third-order valence-corrected chi connectivity index (χ3v) is 7.18. The van der Waals surface area contributed by atoms with Gasteiger partial charge in [0.1, 0.15) is 6.04 Å². The van der Waals surface area contributed by atoms with Gasteiger partial charge in [0.2, 0.25) is 11.8 Å². The first-order valence-electron chi connectivity index (χ1n) is 13.1. The molecule has 1 aromatic rings. The van der Waals surface area contributed by atoms with Crippen LogP contribution in [0.1, 0.15) is 57.9 Å². The van der Waals surface area contributed by atoms with E-state index in [4.69, 9.17) is 9.84 Å². The number of carbonyl (C=O) groups excluding carboxylic acids is 3. The Morgan fingerprint density at radius 3 is 2.49 bits per heavy atom. The Kier molecular flexibility index (Phi) is 10.3. The summed E-state index contributed by atoms with van der Waals surface area (Å²) in [4.78, 5) is 42.0. The lowest BCUT2D eigenvalue weighted by Crippen LogP contribution is -2.47. The second kappa shape index (κ2) is 13.4. The molecular formula is C28H40N2O5. The number of nitrogens with one attached hydrogen (secondary N) is 1. The van der Waals surface area contributed by atoms with Crippen molar-refractivity contribution >= 4 is 17.8 Å². The Hall–Kier alpha value is -2.67. The standard InChI is InChI=1S/C28H40N2O5/c1-3-12-21-15-16-22-24(23(21)28(34)35-4-2)27(33)30(17-10-5-6-11-18-31)25(22)26(32)29-19-20-13-8-7-9-14-20/h7-9,13-16,21-25,31H,3-6,10-12,17-19H2,1-2H3,(H,29,32)/t21-,22+,23-,24-,25+/m1/s1. The van der Waals surface area contributed by atoms with E-state index in [0.717, 1.165) is 44.1 Å². The van der Waals surface area contributed by atoms with Crippen molar-refractivity contribution in [3.05, 3.63) is 48.0 Å². The third-order valence-electron chi connectivity index (χ3n) is 7.18. The lowest BCUT2D eigenvalue weighted by molar-refractivity contribution is -0.155. The second-order valence-corrected chi connectivity index (χ2v) is 9.54. The van der Waals surface area contributed by atoms with Crippen molar-refractivity contribution in [1.29, 1.82) is 0 Å². The maximum Gasteiger partial charge on any atom is 0.310 e. The maximum absolute atomic E-state index is 13.8. The number of allylic oxidation sites excluding steroid dienone is 1. The van der Waals surface area contributed by atoms with E-state index in [-0.39, 0.29) is 42.8 Å². The molecule has 192 valence electrons. The molecule has 3 rings (SSSR count). The number of rotatable bonds is 13. The van der Waals surface area contributed by atoms with Gasteiger partial charge in [0.15, 0.2) is 0 Å². The highest BCUT2D eigenvalue weighted by atomic mass is 16.5. The Morgan fingerprint density at radius 1 is 1.06 bits per heavy atom. The van der Waals surface area contributed by atoms with Crippen molar-refractivity contribution in [1.82, 2.24) is 10.2 Å². The number of esters is 1. The number of ether oxygens (including phenoxy) is 1. The molecule has 7 nitrogen and oxygen atoms in total. The number of hydrogen-bond donors (Lipinski definition) is 2. The van der Waals surface area contributed by atoms with E-state index in [9.17, 15) is 14.4 Å². The summed E-state index contributed by atoms with van der Waals surface area (Å²) in [5, 5.41) is 12.1. The highest BCUT2D eigenvalue weighted by Gasteiger charge is 2.57. The molecule has 0 unspecified atom stereocenters. The van der Waals surface area contributed by atoms with Crippen molar-refractivity contribution in [2.75, 3.05) is 19.8 Å². The van der Waals surface area contributed by atoms with Gasteiger partial charge >= 0.3 is 5.97 Å². The van der Waals surface area contributed by atoms with Crippen LogP contribution in [0, 0.1) is 23.7 Å². The van der Waals surface area contributed by atoms with Gasteiger partial charge in [0.05, 0.1) is 18.4 Å². The molecule has 1 fully saturated rings. The largest absolute Gasteiger partial charge is 0.466 e. The zero-order valence-corrected chi connectivity index (χ0v) is 21.0. The SMILES string of the molecule is CCC[C@@H]1C=C[C@H]2[C@@H](C(=O)N(CCCCCCO)[C@@H]2C(=O)NCc2ccccc2)[C@@H]1C(=O)OCC. The number of carbonyl (C=O) groups is 3. The first-order chi connectivity index (χ1) is 17.0. The van der Waals surface area contributed by atoms with Gasteiger partial charge < -0.3 is 20.1 Å². The number of unbranched alkanes of at least 4 members (excludes halogenated alkanes) is 3. The predicted molar refractivity (Wildman–Crippen MR) is 134 cm³/mol. The van der Waals surface area contributed by atoms with E-state index >= 15 is 0 Å². The molecule has 7 heteroatoms. The van der Waals surface area contributed by atoms with Crippen LogP contribution in [-0.4, -0.2) is 53.6 Å². The number of nitrogens with zero attached hydrogens (tertiary/aromatic N) is 1. The molecule has 1 saturated heterocycles. The summed E-state index contributed by atoms with van der Waals surface area (Å²) < 4.78 is 5.41. The molecule has 1 aliphatic heterocycles. The van der Waals surface area contributed by atoms with Crippen LogP contribution in [0.3, 0.4) is 0 Å². The molecule has 0 aromatic heterocycles. The van der Waals surface area contributed by atoms with E-state index in [1.165, 1.54) is 0 Å². The van der Waals surface area contributed by atoms with E-state index in [2.05, 4.69) is 12.2 Å². The molecule has 2 aliphatic rings. The molecule has 0 spiro atoms. The van der Waals surface area contributed by atoms with Crippen LogP contribution in [-0.2, 0) is 25.7 Å². The molecule has 0 radical (unpaired) electrons. The molecule has 1 aromatic carbocycles. The van der Waals surface area contributed by atoms with Crippen LogP contribution in [0.15, 0.2) is 42.5 Å². The minimum Gasteiger partial charge on any atom is -0.466 e. The predicted octanol–water partition coefficient (Wildman–Crippen LogP) is 3.46. The van der Waals surface area contributed by atoms with Crippen LogP contribution in [0.5, 0.6) is 0 Å². The molecule has 2 amide bonds. The molecule has 5 atom stereocenters. The first kappa shape index (κ1) is 26.9. The zero-order valence-electron chi connectivity index (χ0n) is 21.0. The summed E-state index contributed by atoms with van der Waals surface area (Å²) in [6.07, 6.45) is 8.94. The van der Waals surface area contributed by atoms with Gasteiger partial charge in [-0.15, -0.1) is 0 Å². The first-order valence-corrected chi connectivity index (χ1v) is 13.1. The fourth-order valence-electron chi connectivity index (χ4n) is 5.54. The third kappa shape index (κ3) is 6.51. The number of hydrogen-bond acceptors (Lipinski definition) is 5. The summed E-state index contributed by atoms with van der Waals surface area (Å²) in [7, 11) is 0. The number of benzene rings is 1. The fourth-order valence-corrected chi connectivity index (χ4v) is 5.54. The molecule has 1 aliphatic carbocycles. The van der Waals surface area contributed by atoms with Crippen molar-refractivity contribution in [3.8, 4) is 0 Å². The fraction of sp³-hybridized carbons (Fsp3) is 0.607. The summed E-state index contributed by atoms with van der Waals surface area (Å²) in [5.74, 6) is -2.24. The van der Waals surface area contributed by atoms with Crippen LogP contribution in [0.2, 0.25) is 0 Å². The van der Waals surface area contributed by atoms with Gasteiger partial charge in [-0.25, -0.2) is 0 Å². The van der Waals surface area contributed by atoms with Gasteiger partial charge in [0, 0.05) is 25.6 Å². The number of amides is 2. The summed E-state index contributed by atoms with van der Waals surface area (Å²) in [6, 6.07) is 9.04. The van der Waals surface area contributed by atoms with Gasteiger partial charge in [-0.3, -0.25) is 14.4 Å². The van der Waals surface area contributed by atoms with Crippen molar-refractivity contribution < 1.29 is 24.2 Å². The number of aliphatic hydroxyl groups is 1. The Balaban J connectivity index is 1.85. The summed E-state index contributed by atoms with van der Waals surface area (Å²) in [6.45, 7) is 5.11. The van der Waals surface area contributed by atoms with Crippen molar-refractivity contribution in [2.45, 2.75) is 65.0 Å². The highest BCUT2D eigenvalue weighted by molar-refractivity contribution is 5.96. The van der Waals surface area contributed by atoms with Crippen LogP contribution in [0.4, 0.5) is 0 Å². The molecule has 1 heterocycles. The zero-order chi connectivity index (χ0) is 25.2. The molecule has 0 saturated carbocycles. The van der Waals surface area contributed by atoms with Crippen LogP contribution < -0.4 is 5.32 Å². The lowest BCUT2D eigenvalue weighted by Gasteiger charge is -2.33. The minimum absolute atomic E-state index is 0.0678. The Bertz CT molecular complexity index is 871. The monoisotopic (exact) mass is 484 g/mol. The van der Waals surface area contributed by atoms with Crippen molar-refractivity contribution in [3.63, 3.8) is 0 Å². The molecule has 0 bridgehead atoms. The molecular weight excluding hydrogens is 444 g/mol. The average molecular weight is 485 g/mol. The minimum atomic E-state index is -0.648. The average Bonchev–Trinajstić information content (AvgIpc) is 3.14. The number of likely N-dealkylation sites (tertiary alicyclic amines) is 1. The van der Waals surface area contributed by atoms with E-state index in [1.807, 2.05) is 42.5 Å². The Labute approximate surface area is 208 Å². The lowest BCUT2D eigenvalue weighted by atomic mass is 9.69. The topological polar surface area (TPSA) is 95.9 Å². The summed E-state index contributed by atoms with van der Waals surface area (Å²) in [5.41, 5.74) is 0.990. The normalized spacial score (nSPS) is 25.4.